The fourth-order valence-corrected chi connectivity index (χ4v) is 1.77. The van der Waals surface area contributed by atoms with Gasteiger partial charge in [0, 0.05) is 0 Å². The second-order valence-corrected chi connectivity index (χ2v) is 4.32. The first-order valence-electron chi connectivity index (χ1n) is 6.36. The van der Waals surface area contributed by atoms with Crippen LogP contribution < -0.4 is 0 Å². The summed E-state index contributed by atoms with van der Waals surface area (Å²) in [5.41, 5.74) is 1.66. The van der Waals surface area contributed by atoms with Gasteiger partial charge in [0.15, 0.2) is 0 Å². The van der Waals surface area contributed by atoms with Crippen LogP contribution in [0.15, 0.2) is 29.8 Å². The minimum atomic E-state index is -0.627. The number of rotatable bonds is 4. The summed E-state index contributed by atoms with van der Waals surface area (Å²) >= 11 is 0. The molecule has 1 heterocycles. The topological polar surface area (TPSA) is 52.6 Å². The molecule has 1 aliphatic rings. The number of hydrogen-bond donors (Lipinski definition) is 0. The van der Waals surface area contributed by atoms with Crippen LogP contribution in [0.5, 0.6) is 0 Å². The Balaban J connectivity index is 2.20. The van der Waals surface area contributed by atoms with Crippen LogP contribution in [0, 0.1) is 0 Å². The third kappa shape index (κ3) is 3.22. The second-order valence-electron chi connectivity index (χ2n) is 4.32. The summed E-state index contributed by atoms with van der Waals surface area (Å²) in [6.45, 7) is 2.50. The van der Waals surface area contributed by atoms with Gasteiger partial charge in [-0.25, -0.2) is 9.59 Å². The van der Waals surface area contributed by atoms with E-state index in [0.29, 0.717) is 6.61 Å². The van der Waals surface area contributed by atoms with Crippen LogP contribution in [-0.2, 0) is 25.7 Å². The van der Waals surface area contributed by atoms with Crippen LogP contribution >= 0.6 is 0 Å². The maximum Gasteiger partial charge on any atom is 0.345 e. The van der Waals surface area contributed by atoms with Crippen LogP contribution in [0.3, 0.4) is 0 Å². The van der Waals surface area contributed by atoms with E-state index in [2.05, 4.69) is 0 Å². The lowest BCUT2D eigenvalue weighted by Crippen LogP contribution is -2.17. The smallest absolute Gasteiger partial charge is 0.345 e. The maximum atomic E-state index is 11.9. The molecule has 100 valence electrons. The second kappa shape index (κ2) is 6.18. The number of hydrogen-bond acceptors (Lipinski definition) is 4. The minimum Gasteiger partial charge on any atom is -0.462 e. The number of cyclic esters (lactones) is 1. The van der Waals surface area contributed by atoms with Crippen LogP contribution in [0.4, 0.5) is 0 Å². The van der Waals surface area contributed by atoms with Crippen molar-refractivity contribution in [2.75, 3.05) is 6.61 Å². The number of fused-ring (bicyclic) bond motifs is 1. The zero-order chi connectivity index (χ0) is 13.7. The van der Waals surface area contributed by atoms with Crippen molar-refractivity contribution in [3.05, 3.63) is 41.0 Å². The fourth-order valence-electron chi connectivity index (χ4n) is 1.77. The normalized spacial score (nSPS) is 13.9. The maximum absolute atomic E-state index is 11.9. The molecule has 1 aromatic carbocycles. The summed E-state index contributed by atoms with van der Waals surface area (Å²) in [6, 6.07) is 7.43. The third-order valence-electron chi connectivity index (χ3n) is 2.88. The number of carbonyl (C=O) groups is 2. The van der Waals surface area contributed by atoms with Crippen LogP contribution in [0.25, 0.3) is 6.08 Å². The summed E-state index contributed by atoms with van der Waals surface area (Å²) < 4.78 is 10.1. The molecule has 0 radical (unpaired) electrons. The summed E-state index contributed by atoms with van der Waals surface area (Å²) in [6.07, 6.45) is 3.25. The minimum absolute atomic E-state index is 0.0407. The molecule has 2 rings (SSSR count). The highest BCUT2D eigenvalue weighted by Gasteiger charge is 2.24. The molecule has 0 atom stereocenters. The Kier molecular flexibility index (Phi) is 4.34. The monoisotopic (exact) mass is 260 g/mol. The highest BCUT2D eigenvalue weighted by molar-refractivity contribution is 6.18. The summed E-state index contributed by atoms with van der Waals surface area (Å²) in [5, 5.41) is 0. The van der Waals surface area contributed by atoms with Gasteiger partial charge >= 0.3 is 11.9 Å². The van der Waals surface area contributed by atoms with Crippen molar-refractivity contribution in [3.8, 4) is 0 Å². The number of ether oxygens (including phenoxy) is 2. The molecule has 0 amide bonds. The van der Waals surface area contributed by atoms with Crippen molar-refractivity contribution >= 4 is 18.0 Å². The average molecular weight is 260 g/mol. The lowest BCUT2D eigenvalue weighted by atomic mass is 10.1. The van der Waals surface area contributed by atoms with Gasteiger partial charge in [0.05, 0.1) is 6.61 Å². The molecular formula is C15H16O4. The highest BCUT2D eigenvalue weighted by Crippen LogP contribution is 2.20. The van der Waals surface area contributed by atoms with Gasteiger partial charge in [-0.2, -0.15) is 0 Å². The Morgan fingerprint density at radius 1 is 1.37 bits per heavy atom. The van der Waals surface area contributed by atoms with Crippen molar-refractivity contribution in [1.82, 2.24) is 0 Å². The average Bonchev–Trinajstić information content (AvgIpc) is 2.59. The Hall–Kier alpha value is -2.10. The predicted octanol–water partition coefficient (Wildman–Crippen LogP) is 2.47. The quantitative estimate of drug-likeness (QED) is 0.474. The molecule has 0 N–H and O–H groups in total. The van der Waals surface area contributed by atoms with Crippen molar-refractivity contribution < 1.29 is 19.1 Å². The first-order valence-corrected chi connectivity index (χ1v) is 6.36. The number of benzene rings is 1. The van der Waals surface area contributed by atoms with E-state index in [-0.39, 0.29) is 12.2 Å². The molecule has 0 bridgehead atoms. The molecule has 0 saturated heterocycles. The van der Waals surface area contributed by atoms with Crippen molar-refractivity contribution in [3.63, 3.8) is 0 Å². The van der Waals surface area contributed by atoms with E-state index in [1.807, 2.05) is 31.2 Å². The van der Waals surface area contributed by atoms with Crippen molar-refractivity contribution in [2.45, 2.75) is 26.4 Å². The molecule has 0 fully saturated rings. The van der Waals surface area contributed by atoms with Crippen molar-refractivity contribution in [2.24, 2.45) is 0 Å². The molecular weight excluding hydrogens is 244 g/mol. The first-order chi connectivity index (χ1) is 9.22. The molecule has 1 aromatic rings. The summed E-state index contributed by atoms with van der Waals surface area (Å²) in [5.74, 6) is -1.24. The summed E-state index contributed by atoms with van der Waals surface area (Å²) in [7, 11) is 0. The van der Waals surface area contributed by atoms with Gasteiger partial charge in [0.25, 0.3) is 0 Å². The molecule has 0 saturated carbocycles. The zero-order valence-corrected chi connectivity index (χ0v) is 10.8. The van der Waals surface area contributed by atoms with E-state index in [1.54, 1.807) is 6.08 Å². The van der Waals surface area contributed by atoms with Crippen molar-refractivity contribution in [1.29, 1.82) is 0 Å². The molecule has 4 nitrogen and oxygen atoms in total. The van der Waals surface area contributed by atoms with Gasteiger partial charge < -0.3 is 9.47 Å². The summed E-state index contributed by atoms with van der Waals surface area (Å²) in [4.78, 5) is 23.6. The van der Waals surface area contributed by atoms with Gasteiger partial charge in [-0.15, -0.1) is 0 Å². The number of carbonyl (C=O) groups excluding carboxylic acids is 2. The number of unbranched alkanes of at least 4 members (excludes halogenated alkanes) is 1. The molecule has 1 aliphatic heterocycles. The van der Waals surface area contributed by atoms with E-state index in [9.17, 15) is 9.59 Å². The van der Waals surface area contributed by atoms with Crippen LogP contribution in [-0.4, -0.2) is 18.5 Å². The fraction of sp³-hybridized carbons (Fsp3) is 0.333. The van der Waals surface area contributed by atoms with Gasteiger partial charge in [-0.1, -0.05) is 37.6 Å². The Labute approximate surface area is 112 Å². The first kappa shape index (κ1) is 13.3. The molecule has 0 aromatic heterocycles. The molecule has 19 heavy (non-hydrogen) atoms. The van der Waals surface area contributed by atoms with E-state index in [4.69, 9.17) is 9.47 Å². The third-order valence-corrected chi connectivity index (χ3v) is 2.88. The van der Waals surface area contributed by atoms with Gasteiger partial charge in [0.1, 0.15) is 12.2 Å². The van der Waals surface area contributed by atoms with Gasteiger partial charge in [-0.05, 0) is 23.6 Å². The Bertz CT molecular complexity index is 517. The van der Waals surface area contributed by atoms with E-state index in [0.717, 1.165) is 24.0 Å². The van der Waals surface area contributed by atoms with Crippen LogP contribution in [0.2, 0.25) is 0 Å². The lowest BCUT2D eigenvalue weighted by molar-refractivity contribution is -0.147. The zero-order valence-electron chi connectivity index (χ0n) is 10.8. The van der Waals surface area contributed by atoms with Gasteiger partial charge in [-0.3, -0.25) is 0 Å². The van der Waals surface area contributed by atoms with E-state index in [1.165, 1.54) is 0 Å². The molecule has 0 aliphatic carbocycles. The molecule has 4 heteroatoms. The largest absolute Gasteiger partial charge is 0.462 e. The lowest BCUT2D eigenvalue weighted by Gasteiger charge is -2.05. The Morgan fingerprint density at radius 2 is 2.16 bits per heavy atom. The SMILES string of the molecule is CCCCOC(=O)C1=Cc2ccccc2COC1=O. The van der Waals surface area contributed by atoms with E-state index < -0.39 is 11.9 Å². The predicted molar refractivity (Wildman–Crippen MR) is 70.1 cm³/mol. The Morgan fingerprint density at radius 3 is 2.95 bits per heavy atom. The van der Waals surface area contributed by atoms with Gasteiger partial charge in [0.2, 0.25) is 0 Å². The highest BCUT2D eigenvalue weighted by atomic mass is 16.6. The number of esters is 2. The standard InChI is InChI=1S/C15H16O4/c1-2-3-8-18-14(16)13-9-11-6-4-5-7-12(11)10-19-15(13)17/h4-7,9H,2-3,8,10H2,1H3. The molecule has 0 unspecified atom stereocenters. The molecule has 0 spiro atoms. The van der Waals surface area contributed by atoms with E-state index >= 15 is 0 Å². The van der Waals surface area contributed by atoms with Crippen LogP contribution in [0.1, 0.15) is 30.9 Å².